The van der Waals surface area contributed by atoms with Gasteiger partial charge in [0.2, 0.25) is 0 Å². The van der Waals surface area contributed by atoms with Crippen LogP contribution in [0.25, 0.3) is 0 Å². The molecule has 0 unspecified atom stereocenters. The molecule has 27 heavy (non-hydrogen) atoms. The topological polar surface area (TPSA) is 103 Å². The highest BCUT2D eigenvalue weighted by Gasteiger charge is 2.56. The lowest BCUT2D eigenvalue weighted by molar-refractivity contribution is -0.117. The number of carbonyl (C=O) groups excluding carboxylic acids is 1. The maximum atomic E-state index is 14.4. The Morgan fingerprint density at radius 2 is 2.15 bits per heavy atom. The lowest BCUT2D eigenvalue weighted by atomic mass is 9.85. The number of rotatable bonds is 4. The van der Waals surface area contributed by atoms with E-state index in [2.05, 4.69) is 20.0 Å². The van der Waals surface area contributed by atoms with Crippen LogP contribution in [-0.2, 0) is 16.7 Å². The van der Waals surface area contributed by atoms with E-state index in [-0.39, 0.29) is 11.4 Å². The van der Waals surface area contributed by atoms with Crippen molar-refractivity contribution in [2.45, 2.75) is 31.7 Å². The van der Waals surface area contributed by atoms with Crippen LogP contribution in [0.3, 0.4) is 0 Å². The summed E-state index contributed by atoms with van der Waals surface area (Å²) in [5, 5.41) is 2.47. The molecule has 144 valence electrons. The number of aryl methyl sites for hydroxylation is 1. The third-order valence-electron chi connectivity index (χ3n) is 4.28. The van der Waals surface area contributed by atoms with Crippen molar-refractivity contribution in [3.63, 3.8) is 0 Å². The predicted molar refractivity (Wildman–Crippen MR) is 90.1 cm³/mol. The van der Waals surface area contributed by atoms with Gasteiger partial charge in [-0.05, 0) is 25.1 Å². The second-order valence-electron chi connectivity index (χ2n) is 6.14. The number of amides is 1. The Labute approximate surface area is 152 Å². The van der Waals surface area contributed by atoms with E-state index in [9.17, 15) is 18.0 Å². The Hall–Kier alpha value is -3.04. The molecule has 0 aliphatic carbocycles. The minimum Gasteiger partial charge on any atom is -0.459 e. The second kappa shape index (κ2) is 6.60. The highest BCUT2D eigenvalue weighted by Crippen LogP contribution is 2.44. The number of hydrogen-bond acceptors (Lipinski definition) is 6. The first-order valence-electron chi connectivity index (χ1n) is 8.08. The largest absolute Gasteiger partial charge is 0.459 e. The van der Waals surface area contributed by atoms with Gasteiger partial charge in [-0.1, -0.05) is 6.92 Å². The van der Waals surface area contributed by atoms with E-state index in [1.165, 1.54) is 12.3 Å². The molecule has 1 aromatic heterocycles. The van der Waals surface area contributed by atoms with E-state index in [0.717, 1.165) is 19.1 Å². The van der Waals surface area contributed by atoms with Crippen LogP contribution >= 0.6 is 0 Å². The smallest absolute Gasteiger partial charge is 0.310 e. The molecule has 0 spiro atoms. The van der Waals surface area contributed by atoms with Gasteiger partial charge in [0.1, 0.15) is 12.1 Å². The number of nitrogens with zero attached hydrogens (tertiary/aromatic N) is 2. The molecule has 1 aromatic carbocycles. The van der Waals surface area contributed by atoms with Crippen molar-refractivity contribution in [3.05, 3.63) is 47.4 Å². The molecule has 1 aliphatic heterocycles. The van der Waals surface area contributed by atoms with Gasteiger partial charge in [-0.3, -0.25) is 4.79 Å². The number of benzene rings is 1. The van der Waals surface area contributed by atoms with Crippen molar-refractivity contribution in [1.82, 2.24) is 4.98 Å². The first-order valence-corrected chi connectivity index (χ1v) is 8.08. The normalized spacial score (nSPS) is 21.3. The van der Waals surface area contributed by atoms with E-state index in [4.69, 9.17) is 10.2 Å². The molecule has 0 saturated heterocycles. The number of hydrogen-bond donors (Lipinski definition) is 2. The van der Waals surface area contributed by atoms with Crippen molar-refractivity contribution in [3.8, 4) is 0 Å². The lowest BCUT2D eigenvalue weighted by Crippen LogP contribution is -2.51. The van der Waals surface area contributed by atoms with Crippen molar-refractivity contribution in [1.29, 1.82) is 0 Å². The van der Waals surface area contributed by atoms with Gasteiger partial charge in [-0.15, -0.1) is 0 Å². The van der Waals surface area contributed by atoms with Crippen LogP contribution in [0.4, 0.5) is 18.9 Å². The zero-order valence-corrected chi connectivity index (χ0v) is 14.6. The number of oxazole rings is 1. The molecule has 7 nitrogen and oxygen atoms in total. The Balaban J connectivity index is 1.95. The van der Waals surface area contributed by atoms with Crippen molar-refractivity contribution < 1.29 is 27.1 Å². The number of alkyl halides is 2. The summed E-state index contributed by atoms with van der Waals surface area (Å²) in [6.07, 6.45) is 1.68. The van der Waals surface area contributed by atoms with Crippen LogP contribution in [0, 0.1) is 5.82 Å². The van der Waals surface area contributed by atoms with Gasteiger partial charge in [0.05, 0.1) is 0 Å². The van der Waals surface area contributed by atoms with E-state index < -0.39 is 41.4 Å². The van der Waals surface area contributed by atoms with Crippen molar-refractivity contribution >= 4 is 17.6 Å². The average Bonchev–Trinajstić information content (AvgIpc) is 3.10. The van der Waals surface area contributed by atoms with E-state index in [0.29, 0.717) is 12.3 Å². The molecule has 0 radical (unpaired) electrons. The van der Waals surface area contributed by atoms with Gasteiger partial charge in [0.25, 0.3) is 11.9 Å². The summed E-state index contributed by atoms with van der Waals surface area (Å²) in [5.74, 6) is -4.67. The van der Waals surface area contributed by atoms with Gasteiger partial charge < -0.3 is 20.2 Å². The van der Waals surface area contributed by atoms with Crippen LogP contribution in [0.1, 0.15) is 35.8 Å². The number of nitrogens with one attached hydrogen (secondary N) is 1. The quantitative estimate of drug-likeness (QED) is 0.847. The van der Waals surface area contributed by atoms with E-state index in [1.807, 2.05) is 0 Å². The number of aliphatic imine (C=N–C) groups is 1. The fourth-order valence-corrected chi connectivity index (χ4v) is 2.65. The minimum absolute atomic E-state index is 0.0163. The monoisotopic (exact) mass is 382 g/mol. The molecule has 10 heteroatoms. The van der Waals surface area contributed by atoms with Gasteiger partial charge in [0, 0.05) is 17.7 Å². The SMILES string of the molecule is CCc1nc(C(=O)Nc2ccc(F)c([C@@]3(C)N=C(N)OCC3(F)F)c2)co1. The molecular formula is C17H17F3N4O3. The third-order valence-corrected chi connectivity index (χ3v) is 4.28. The zero-order chi connectivity index (χ0) is 19.8. The molecule has 3 rings (SSSR count). The molecule has 1 atom stereocenters. The first kappa shape index (κ1) is 18.7. The number of ether oxygens (including phenoxy) is 1. The van der Waals surface area contributed by atoms with Crippen LogP contribution in [0.15, 0.2) is 33.9 Å². The maximum Gasteiger partial charge on any atom is 0.310 e. The molecule has 1 aliphatic rings. The van der Waals surface area contributed by atoms with Gasteiger partial charge in [0.15, 0.2) is 23.7 Å². The third kappa shape index (κ3) is 3.34. The highest BCUT2D eigenvalue weighted by molar-refractivity contribution is 6.02. The Morgan fingerprint density at radius 1 is 1.41 bits per heavy atom. The van der Waals surface area contributed by atoms with Crippen molar-refractivity contribution in [2.24, 2.45) is 10.7 Å². The summed E-state index contributed by atoms with van der Waals surface area (Å²) in [6, 6.07) is 2.83. The van der Waals surface area contributed by atoms with Crippen LogP contribution in [0.5, 0.6) is 0 Å². The summed E-state index contributed by atoms with van der Waals surface area (Å²) >= 11 is 0. The maximum absolute atomic E-state index is 14.4. The first-order chi connectivity index (χ1) is 12.7. The highest BCUT2D eigenvalue weighted by atomic mass is 19.3. The Bertz CT molecular complexity index is 913. The number of aromatic nitrogens is 1. The van der Waals surface area contributed by atoms with E-state index >= 15 is 0 Å². The lowest BCUT2D eigenvalue weighted by Gasteiger charge is -2.37. The number of nitrogens with two attached hydrogens (primary N) is 1. The summed E-state index contributed by atoms with van der Waals surface area (Å²) < 4.78 is 52.9. The molecule has 2 aromatic rings. The molecule has 1 amide bonds. The predicted octanol–water partition coefficient (Wildman–Crippen LogP) is 2.82. The Morgan fingerprint density at radius 3 is 2.81 bits per heavy atom. The molecule has 0 saturated carbocycles. The second-order valence-corrected chi connectivity index (χ2v) is 6.14. The fraction of sp³-hybridized carbons (Fsp3) is 0.353. The Kier molecular flexibility index (Phi) is 4.58. The van der Waals surface area contributed by atoms with Gasteiger partial charge in [-0.25, -0.2) is 14.4 Å². The number of carbonyl (C=O) groups is 1. The number of halogens is 3. The molecular weight excluding hydrogens is 365 g/mol. The fourth-order valence-electron chi connectivity index (χ4n) is 2.65. The van der Waals surface area contributed by atoms with Crippen LogP contribution < -0.4 is 11.1 Å². The standard InChI is InChI=1S/C17H17F3N4O3/c1-3-13-23-12(7-26-13)14(25)22-9-4-5-11(18)10(6-9)16(2)17(19,20)8-27-15(21)24-16/h4-7H,3,8H2,1-2H3,(H2,21,24)(H,22,25)/t16-/m1/s1. The summed E-state index contributed by atoms with van der Waals surface area (Å²) in [7, 11) is 0. The number of anilines is 1. The van der Waals surface area contributed by atoms with E-state index in [1.54, 1.807) is 6.92 Å². The summed E-state index contributed by atoms with van der Waals surface area (Å²) in [5.41, 5.74) is 2.81. The van der Waals surface area contributed by atoms with Crippen molar-refractivity contribution in [2.75, 3.05) is 11.9 Å². The molecule has 2 heterocycles. The minimum atomic E-state index is -3.51. The van der Waals surface area contributed by atoms with Gasteiger partial charge in [-0.2, -0.15) is 8.78 Å². The van der Waals surface area contributed by atoms with Gasteiger partial charge >= 0.3 is 5.92 Å². The molecule has 3 N–H and O–H groups in total. The van der Waals surface area contributed by atoms with Crippen LogP contribution in [0.2, 0.25) is 0 Å². The summed E-state index contributed by atoms with van der Waals surface area (Å²) in [6.45, 7) is 1.83. The molecule has 0 bridgehead atoms. The summed E-state index contributed by atoms with van der Waals surface area (Å²) in [4.78, 5) is 19.8. The van der Waals surface area contributed by atoms with Crippen LogP contribution in [-0.4, -0.2) is 29.4 Å². The molecule has 0 fully saturated rings. The average molecular weight is 382 g/mol. The zero-order valence-electron chi connectivity index (χ0n) is 14.6. The number of amidine groups is 1.